The van der Waals surface area contributed by atoms with Crippen LogP contribution in [-0.4, -0.2) is 21.1 Å². The predicted molar refractivity (Wildman–Crippen MR) is 147 cm³/mol. The second-order valence-corrected chi connectivity index (χ2v) is 9.34. The van der Waals surface area contributed by atoms with Gasteiger partial charge >= 0.3 is 0 Å². The molecule has 0 saturated heterocycles. The molecule has 0 saturated carbocycles. The molecule has 2 heterocycles. The second-order valence-electron chi connectivity index (χ2n) is 8.53. The molecule has 3 aromatic carbocycles. The summed E-state index contributed by atoms with van der Waals surface area (Å²) in [6, 6.07) is 19.4. The van der Waals surface area contributed by atoms with Crippen LogP contribution in [0.2, 0.25) is 10.0 Å². The number of nitrogens with one attached hydrogen (secondary N) is 3. The lowest BCUT2D eigenvalue weighted by Gasteiger charge is -2.13. The van der Waals surface area contributed by atoms with E-state index in [0.717, 1.165) is 52.8 Å². The number of imidazole rings is 1. The van der Waals surface area contributed by atoms with Gasteiger partial charge < -0.3 is 20.2 Å². The fourth-order valence-corrected chi connectivity index (χ4v) is 5.01. The summed E-state index contributed by atoms with van der Waals surface area (Å²) in [5.41, 5.74) is 5.07. The number of pyridine rings is 1. The fourth-order valence-electron chi connectivity index (χ4n) is 4.51. The summed E-state index contributed by atoms with van der Waals surface area (Å²) < 4.78 is 1.88. The number of aryl methyl sites for hydroxylation is 3. The number of H-pyrrole nitrogens is 1. The summed E-state index contributed by atoms with van der Waals surface area (Å²) >= 11 is 12.7. The van der Waals surface area contributed by atoms with Crippen molar-refractivity contribution in [3.05, 3.63) is 92.3 Å². The first-order valence-electron chi connectivity index (χ1n) is 11.4. The number of hydrogen-bond donors (Lipinski definition) is 3. The number of anilines is 3. The summed E-state index contributed by atoms with van der Waals surface area (Å²) in [5, 5.41) is 9.25. The van der Waals surface area contributed by atoms with Gasteiger partial charge in [-0.3, -0.25) is 4.79 Å². The molecular weight excluding hydrogens is 481 g/mol. The minimum Gasteiger partial charge on any atom is -0.385 e. The molecule has 8 heteroatoms. The molecule has 0 aliphatic carbocycles. The van der Waals surface area contributed by atoms with Crippen molar-refractivity contribution in [3.8, 4) is 0 Å². The Morgan fingerprint density at radius 3 is 2.49 bits per heavy atom. The molecule has 2 aromatic heterocycles. The van der Waals surface area contributed by atoms with Gasteiger partial charge in [0.25, 0.3) is 5.56 Å². The number of benzene rings is 3. The zero-order valence-electron chi connectivity index (χ0n) is 19.5. The van der Waals surface area contributed by atoms with E-state index in [-0.39, 0.29) is 5.56 Å². The number of rotatable bonds is 7. The average Bonchev–Trinajstić information content (AvgIpc) is 3.16. The van der Waals surface area contributed by atoms with E-state index >= 15 is 0 Å². The van der Waals surface area contributed by atoms with Crippen molar-refractivity contribution >= 4 is 62.3 Å². The van der Waals surface area contributed by atoms with Crippen LogP contribution in [0.25, 0.3) is 21.8 Å². The van der Waals surface area contributed by atoms with E-state index in [2.05, 4.69) is 27.8 Å². The van der Waals surface area contributed by atoms with Crippen LogP contribution in [0.4, 0.5) is 17.3 Å². The number of nitrogens with zero attached hydrogens (tertiary/aromatic N) is 2. The molecule has 0 bridgehead atoms. The van der Waals surface area contributed by atoms with Gasteiger partial charge in [-0.2, -0.15) is 0 Å². The Labute approximate surface area is 212 Å². The van der Waals surface area contributed by atoms with Crippen molar-refractivity contribution in [1.29, 1.82) is 0 Å². The Morgan fingerprint density at radius 2 is 1.74 bits per heavy atom. The third-order valence-electron chi connectivity index (χ3n) is 6.25. The van der Waals surface area contributed by atoms with E-state index in [1.165, 1.54) is 0 Å². The topological polar surface area (TPSA) is 74.7 Å². The molecule has 0 aliphatic heterocycles. The smallest absolute Gasteiger partial charge is 0.258 e. The van der Waals surface area contributed by atoms with Crippen molar-refractivity contribution in [1.82, 2.24) is 14.5 Å². The molecule has 0 fully saturated rings. The molecule has 0 unspecified atom stereocenters. The van der Waals surface area contributed by atoms with Crippen LogP contribution in [0, 0.1) is 6.92 Å². The van der Waals surface area contributed by atoms with Gasteiger partial charge in [0.2, 0.25) is 5.95 Å². The van der Waals surface area contributed by atoms with Crippen LogP contribution < -0.4 is 16.2 Å². The lowest BCUT2D eigenvalue weighted by Crippen LogP contribution is -2.13. The Morgan fingerprint density at radius 1 is 1.00 bits per heavy atom. The molecule has 35 heavy (non-hydrogen) atoms. The molecule has 5 rings (SSSR count). The average molecular weight is 506 g/mol. The molecule has 6 nitrogen and oxygen atoms in total. The van der Waals surface area contributed by atoms with Crippen molar-refractivity contribution in [2.24, 2.45) is 7.05 Å². The number of hydrogen-bond acceptors (Lipinski definition) is 4. The Hall–Kier alpha value is -3.48. The van der Waals surface area contributed by atoms with Crippen molar-refractivity contribution < 1.29 is 0 Å². The zero-order valence-corrected chi connectivity index (χ0v) is 21.0. The van der Waals surface area contributed by atoms with Crippen molar-refractivity contribution in [2.45, 2.75) is 19.8 Å². The van der Waals surface area contributed by atoms with E-state index in [9.17, 15) is 4.79 Å². The lowest BCUT2D eigenvalue weighted by molar-refractivity contribution is 0.854. The standard InChI is InChI=1S/C27H25Cl2N5O/c1-16-18(10-7-15-30-17-8-4-3-5-9-17)19-13-14-22-25(23(19)26(35)31-16)34(2)27(32-22)33-24-20(28)11-6-12-21(24)29/h3-6,8-9,11-14,30H,7,10,15H2,1-2H3,(H,31,35)(H,32,33). The number of para-hydroxylation sites is 2. The normalized spacial score (nSPS) is 11.3. The van der Waals surface area contributed by atoms with Crippen molar-refractivity contribution in [2.75, 3.05) is 17.2 Å². The maximum Gasteiger partial charge on any atom is 0.258 e. The zero-order chi connectivity index (χ0) is 24.5. The van der Waals surface area contributed by atoms with E-state index < -0.39 is 0 Å². The van der Waals surface area contributed by atoms with Gasteiger partial charge in [-0.15, -0.1) is 0 Å². The maximum atomic E-state index is 13.1. The summed E-state index contributed by atoms with van der Waals surface area (Å²) in [7, 11) is 1.88. The lowest BCUT2D eigenvalue weighted by atomic mass is 9.99. The third kappa shape index (κ3) is 4.47. The minimum atomic E-state index is -0.125. The second kappa shape index (κ2) is 9.64. The fraction of sp³-hybridized carbons (Fsp3) is 0.185. The molecular formula is C27H25Cl2N5O. The molecule has 5 aromatic rings. The highest BCUT2D eigenvalue weighted by molar-refractivity contribution is 6.39. The van der Waals surface area contributed by atoms with E-state index in [1.54, 1.807) is 18.2 Å². The molecule has 0 amide bonds. The van der Waals surface area contributed by atoms with Gasteiger partial charge in [0.1, 0.15) is 0 Å². The summed E-state index contributed by atoms with van der Waals surface area (Å²) in [6.07, 6.45) is 1.76. The minimum absolute atomic E-state index is 0.125. The molecule has 0 aliphatic rings. The molecule has 0 radical (unpaired) electrons. The summed E-state index contributed by atoms with van der Waals surface area (Å²) in [6.45, 7) is 2.80. The number of aromatic amines is 1. The first kappa shape index (κ1) is 23.3. The molecule has 0 spiro atoms. The van der Waals surface area contributed by atoms with Crippen LogP contribution >= 0.6 is 23.2 Å². The van der Waals surface area contributed by atoms with Gasteiger partial charge in [-0.1, -0.05) is 53.5 Å². The highest BCUT2D eigenvalue weighted by Gasteiger charge is 2.18. The Bertz CT molecular complexity index is 1570. The van der Waals surface area contributed by atoms with Crippen molar-refractivity contribution in [3.63, 3.8) is 0 Å². The molecule has 0 atom stereocenters. The number of fused-ring (bicyclic) bond motifs is 3. The predicted octanol–water partition coefficient (Wildman–Crippen LogP) is 6.82. The molecule has 178 valence electrons. The monoisotopic (exact) mass is 505 g/mol. The Balaban J connectivity index is 1.51. The SMILES string of the molecule is Cc1[nH]c(=O)c2c(ccc3nc(Nc4c(Cl)cccc4Cl)n(C)c32)c1CCCNc1ccccc1. The quantitative estimate of drug-likeness (QED) is 0.212. The van der Waals surface area contributed by atoms with Gasteiger partial charge in [0.15, 0.2) is 0 Å². The summed E-state index contributed by atoms with van der Waals surface area (Å²) in [4.78, 5) is 20.9. The number of halogens is 2. The van der Waals surface area contributed by atoms with E-state index in [0.29, 0.717) is 27.1 Å². The van der Waals surface area contributed by atoms with Gasteiger partial charge in [-0.05, 0) is 61.0 Å². The maximum absolute atomic E-state index is 13.1. The molecule has 3 N–H and O–H groups in total. The van der Waals surface area contributed by atoms with E-state index in [1.807, 2.05) is 48.9 Å². The largest absolute Gasteiger partial charge is 0.385 e. The first-order valence-corrected chi connectivity index (χ1v) is 12.2. The van der Waals surface area contributed by atoms with Crippen LogP contribution in [0.5, 0.6) is 0 Å². The summed E-state index contributed by atoms with van der Waals surface area (Å²) in [5.74, 6) is 0.552. The third-order valence-corrected chi connectivity index (χ3v) is 6.88. The number of aromatic nitrogens is 3. The highest BCUT2D eigenvalue weighted by Crippen LogP contribution is 2.34. The van der Waals surface area contributed by atoms with Gasteiger partial charge in [-0.25, -0.2) is 4.98 Å². The van der Waals surface area contributed by atoms with Gasteiger partial charge in [0, 0.05) is 25.0 Å². The van der Waals surface area contributed by atoms with Crippen LogP contribution in [-0.2, 0) is 13.5 Å². The van der Waals surface area contributed by atoms with Gasteiger partial charge in [0.05, 0.1) is 32.2 Å². The highest BCUT2D eigenvalue weighted by atomic mass is 35.5. The van der Waals surface area contributed by atoms with Crippen LogP contribution in [0.3, 0.4) is 0 Å². The van der Waals surface area contributed by atoms with E-state index in [4.69, 9.17) is 28.2 Å². The van der Waals surface area contributed by atoms with Crippen LogP contribution in [0.1, 0.15) is 17.7 Å². The first-order chi connectivity index (χ1) is 16.9. The Kier molecular flexibility index (Phi) is 6.41. The van der Waals surface area contributed by atoms with Crippen LogP contribution in [0.15, 0.2) is 65.5 Å².